The Morgan fingerprint density at radius 2 is 1.71 bits per heavy atom. The largest absolute Gasteiger partial charge is 0.388 e. The number of likely N-dealkylation sites (tertiary alicyclic amines) is 1. The van der Waals surface area contributed by atoms with Crippen LogP contribution in [0.1, 0.15) is 37.4 Å². The van der Waals surface area contributed by atoms with Gasteiger partial charge in [0.15, 0.2) is 0 Å². The minimum absolute atomic E-state index is 0.219. The van der Waals surface area contributed by atoms with Crippen molar-refractivity contribution < 1.29 is 14.7 Å². The molecule has 1 fully saturated rings. The van der Waals surface area contributed by atoms with E-state index in [9.17, 15) is 14.7 Å². The average molecular weight is 381 g/mol. The summed E-state index contributed by atoms with van der Waals surface area (Å²) in [7, 11) is 0. The highest BCUT2D eigenvalue weighted by molar-refractivity contribution is 5.76. The Labute approximate surface area is 165 Å². The van der Waals surface area contributed by atoms with Gasteiger partial charge in [-0.1, -0.05) is 60.7 Å². The summed E-state index contributed by atoms with van der Waals surface area (Å²) in [6.45, 7) is 3.94. The van der Waals surface area contributed by atoms with Crippen LogP contribution in [-0.4, -0.2) is 40.1 Å². The van der Waals surface area contributed by atoms with E-state index in [1.807, 2.05) is 60.7 Å². The third-order valence-electron chi connectivity index (χ3n) is 5.23. The first kappa shape index (κ1) is 19.9. The van der Waals surface area contributed by atoms with Crippen molar-refractivity contribution >= 4 is 11.9 Å². The van der Waals surface area contributed by atoms with Gasteiger partial charge in [0.1, 0.15) is 0 Å². The lowest BCUT2D eigenvalue weighted by molar-refractivity contribution is -0.125. The summed E-state index contributed by atoms with van der Waals surface area (Å²) in [6.07, 6.45) is 0.375. The third-order valence-corrected chi connectivity index (χ3v) is 5.23. The Hall–Kier alpha value is -2.86. The molecule has 3 rings (SSSR count). The number of aliphatic hydroxyl groups is 1. The molecular weight excluding hydrogens is 354 g/mol. The van der Waals surface area contributed by atoms with Gasteiger partial charge in [0.25, 0.3) is 0 Å². The maximum atomic E-state index is 13.0. The van der Waals surface area contributed by atoms with Crippen LogP contribution in [-0.2, 0) is 11.3 Å². The van der Waals surface area contributed by atoms with Crippen LogP contribution in [0.4, 0.5) is 4.79 Å². The van der Waals surface area contributed by atoms with Gasteiger partial charge in [0, 0.05) is 20.0 Å². The van der Waals surface area contributed by atoms with E-state index in [1.165, 1.54) is 6.92 Å². The molecule has 6 heteroatoms. The van der Waals surface area contributed by atoms with E-state index in [4.69, 9.17) is 0 Å². The van der Waals surface area contributed by atoms with Crippen LogP contribution in [0.25, 0.3) is 0 Å². The van der Waals surface area contributed by atoms with E-state index in [0.717, 1.165) is 11.1 Å². The summed E-state index contributed by atoms with van der Waals surface area (Å²) in [5.41, 5.74) is 0.758. The molecule has 3 atom stereocenters. The number of benzene rings is 2. The van der Waals surface area contributed by atoms with Crippen LogP contribution < -0.4 is 10.6 Å². The van der Waals surface area contributed by atoms with Crippen molar-refractivity contribution in [3.63, 3.8) is 0 Å². The van der Waals surface area contributed by atoms with E-state index in [1.54, 1.807) is 11.8 Å². The second-order valence-corrected chi connectivity index (χ2v) is 7.48. The first-order valence-electron chi connectivity index (χ1n) is 9.51. The number of rotatable bonds is 4. The molecule has 6 nitrogen and oxygen atoms in total. The van der Waals surface area contributed by atoms with Crippen molar-refractivity contribution in [2.75, 3.05) is 6.54 Å². The van der Waals surface area contributed by atoms with Gasteiger partial charge < -0.3 is 20.6 Å². The lowest BCUT2D eigenvalue weighted by Gasteiger charge is -2.48. The molecule has 0 radical (unpaired) electrons. The van der Waals surface area contributed by atoms with Gasteiger partial charge in [-0.15, -0.1) is 0 Å². The Balaban J connectivity index is 1.87. The van der Waals surface area contributed by atoms with Gasteiger partial charge in [-0.3, -0.25) is 4.79 Å². The molecule has 148 valence electrons. The predicted octanol–water partition coefficient (Wildman–Crippen LogP) is 2.60. The third kappa shape index (κ3) is 4.51. The Bertz CT molecular complexity index is 808. The fourth-order valence-corrected chi connectivity index (χ4v) is 3.74. The first-order chi connectivity index (χ1) is 13.4. The lowest BCUT2D eigenvalue weighted by atomic mass is 9.79. The number of nitrogens with zero attached hydrogens (tertiary/aromatic N) is 1. The van der Waals surface area contributed by atoms with Gasteiger partial charge in [-0.2, -0.15) is 0 Å². The van der Waals surface area contributed by atoms with Gasteiger partial charge in [0.2, 0.25) is 5.91 Å². The molecule has 3 amide bonds. The topological polar surface area (TPSA) is 81.7 Å². The van der Waals surface area contributed by atoms with Crippen LogP contribution >= 0.6 is 0 Å². The summed E-state index contributed by atoms with van der Waals surface area (Å²) >= 11 is 0. The van der Waals surface area contributed by atoms with Crippen LogP contribution in [0.15, 0.2) is 60.7 Å². The monoisotopic (exact) mass is 381 g/mol. The number of piperidine rings is 1. The molecule has 0 bridgehead atoms. The van der Waals surface area contributed by atoms with E-state index in [0.29, 0.717) is 19.5 Å². The fourth-order valence-electron chi connectivity index (χ4n) is 3.74. The van der Waals surface area contributed by atoms with Crippen molar-refractivity contribution in [3.05, 3.63) is 71.8 Å². The summed E-state index contributed by atoms with van der Waals surface area (Å²) in [6, 6.07) is 17.9. The molecule has 1 saturated heterocycles. The molecule has 3 unspecified atom stereocenters. The highest BCUT2D eigenvalue weighted by Crippen LogP contribution is 2.37. The molecule has 3 N–H and O–H groups in total. The standard InChI is InChI=1S/C22H27N3O3/c1-16(26)24-20-19(18-11-7-4-8-12-18)25(14-13-22(20,2)28)21(27)23-15-17-9-5-3-6-10-17/h3-12,19-20,28H,13-15H2,1-2H3,(H,23,27)(H,24,26). The van der Waals surface area contributed by atoms with Crippen molar-refractivity contribution in [3.8, 4) is 0 Å². The molecule has 0 aromatic heterocycles. The highest BCUT2D eigenvalue weighted by atomic mass is 16.3. The van der Waals surface area contributed by atoms with E-state index in [2.05, 4.69) is 10.6 Å². The number of hydrogen-bond donors (Lipinski definition) is 3. The maximum Gasteiger partial charge on any atom is 0.318 e. The van der Waals surface area contributed by atoms with Crippen molar-refractivity contribution in [1.29, 1.82) is 0 Å². The van der Waals surface area contributed by atoms with Crippen molar-refractivity contribution in [1.82, 2.24) is 15.5 Å². The summed E-state index contributed by atoms with van der Waals surface area (Å²) in [5, 5.41) is 16.8. The zero-order chi connectivity index (χ0) is 20.1. The van der Waals surface area contributed by atoms with Crippen molar-refractivity contribution in [2.24, 2.45) is 0 Å². The molecule has 2 aromatic carbocycles. The summed E-state index contributed by atoms with van der Waals surface area (Å²) in [5.74, 6) is -0.238. The van der Waals surface area contributed by atoms with E-state index < -0.39 is 17.7 Å². The summed E-state index contributed by atoms with van der Waals surface area (Å²) < 4.78 is 0. The molecule has 1 aliphatic heterocycles. The lowest BCUT2D eigenvalue weighted by Crippen LogP contribution is -2.64. The van der Waals surface area contributed by atoms with Gasteiger partial charge >= 0.3 is 6.03 Å². The smallest absolute Gasteiger partial charge is 0.318 e. The Morgan fingerprint density at radius 1 is 1.11 bits per heavy atom. The van der Waals surface area contributed by atoms with E-state index in [-0.39, 0.29) is 11.9 Å². The fraction of sp³-hybridized carbons (Fsp3) is 0.364. The second kappa shape index (κ2) is 8.44. The van der Waals surface area contributed by atoms with Crippen LogP contribution in [0.3, 0.4) is 0 Å². The average Bonchev–Trinajstić information content (AvgIpc) is 2.68. The minimum Gasteiger partial charge on any atom is -0.388 e. The summed E-state index contributed by atoms with van der Waals surface area (Å²) in [4.78, 5) is 26.5. The zero-order valence-electron chi connectivity index (χ0n) is 16.3. The van der Waals surface area contributed by atoms with Gasteiger partial charge in [-0.25, -0.2) is 4.79 Å². The number of nitrogens with one attached hydrogen (secondary N) is 2. The molecule has 0 saturated carbocycles. The highest BCUT2D eigenvalue weighted by Gasteiger charge is 2.47. The molecule has 1 aliphatic rings. The van der Waals surface area contributed by atoms with Crippen LogP contribution in [0.2, 0.25) is 0 Å². The van der Waals surface area contributed by atoms with Gasteiger partial charge in [0.05, 0.1) is 17.7 Å². The van der Waals surface area contributed by atoms with Crippen LogP contribution in [0.5, 0.6) is 0 Å². The van der Waals surface area contributed by atoms with Crippen molar-refractivity contribution in [2.45, 2.75) is 44.5 Å². The quantitative estimate of drug-likeness (QED) is 0.761. The molecule has 0 aliphatic carbocycles. The van der Waals surface area contributed by atoms with E-state index >= 15 is 0 Å². The van der Waals surface area contributed by atoms with Gasteiger partial charge in [-0.05, 0) is 24.5 Å². The molecule has 1 heterocycles. The number of carbonyl (C=O) groups is 2. The predicted molar refractivity (Wildman–Crippen MR) is 107 cm³/mol. The first-order valence-corrected chi connectivity index (χ1v) is 9.51. The number of amides is 3. The number of urea groups is 1. The zero-order valence-corrected chi connectivity index (χ0v) is 16.3. The molecule has 28 heavy (non-hydrogen) atoms. The Morgan fingerprint density at radius 3 is 2.32 bits per heavy atom. The number of hydrogen-bond acceptors (Lipinski definition) is 3. The normalized spacial score (nSPS) is 24.5. The molecule has 2 aromatic rings. The Kier molecular flexibility index (Phi) is 5.99. The molecule has 0 spiro atoms. The minimum atomic E-state index is -1.12. The molecular formula is C22H27N3O3. The second-order valence-electron chi connectivity index (χ2n) is 7.48. The SMILES string of the molecule is CC(=O)NC1C(c2ccccc2)N(C(=O)NCc2ccccc2)CCC1(C)O. The number of carbonyl (C=O) groups excluding carboxylic acids is 2. The van der Waals surface area contributed by atoms with Crippen LogP contribution in [0, 0.1) is 0 Å². The maximum absolute atomic E-state index is 13.0.